The Morgan fingerprint density at radius 3 is 2.29 bits per heavy atom. The Kier molecular flexibility index (Phi) is 6.30. The minimum absolute atomic E-state index is 0.00922. The zero-order valence-electron chi connectivity index (χ0n) is 13.1. The smallest absolute Gasteiger partial charge is 0.266 e. The number of hydrogen-bond donors (Lipinski definition) is 2. The average Bonchev–Trinajstić information content (AvgIpc) is 2.61. The summed E-state index contributed by atoms with van der Waals surface area (Å²) in [6.07, 6.45) is 0. The van der Waals surface area contributed by atoms with Crippen LogP contribution in [-0.2, 0) is 14.8 Å². The quantitative estimate of drug-likeness (QED) is 0.553. The molecule has 0 aliphatic rings. The van der Waals surface area contributed by atoms with Gasteiger partial charge in [-0.25, -0.2) is 8.42 Å². The van der Waals surface area contributed by atoms with Crippen molar-refractivity contribution in [2.75, 3.05) is 20.3 Å². The number of hydrazine groups is 1. The van der Waals surface area contributed by atoms with Crippen LogP contribution in [0.4, 0.5) is 0 Å². The van der Waals surface area contributed by atoms with Gasteiger partial charge in [0.15, 0.2) is 0 Å². The van der Waals surface area contributed by atoms with E-state index in [9.17, 15) is 13.2 Å². The molecule has 2 aromatic carbocycles. The molecule has 2 rings (SSSR count). The average molecular weight is 350 g/mol. The molecule has 2 N–H and O–H groups in total. The number of amides is 1. The maximum atomic E-state index is 12.2. The largest absolute Gasteiger partial charge is 0.491 e. The van der Waals surface area contributed by atoms with Gasteiger partial charge >= 0.3 is 0 Å². The predicted octanol–water partition coefficient (Wildman–Crippen LogP) is 1.34. The summed E-state index contributed by atoms with van der Waals surface area (Å²) >= 11 is 0. The maximum Gasteiger partial charge on any atom is 0.266 e. The van der Waals surface area contributed by atoms with Gasteiger partial charge in [-0.2, -0.15) is 0 Å². The molecule has 2 aromatic rings. The van der Waals surface area contributed by atoms with E-state index in [1.165, 1.54) is 24.3 Å². The fourth-order valence-corrected chi connectivity index (χ4v) is 2.63. The molecule has 128 valence electrons. The second-order valence-corrected chi connectivity index (χ2v) is 6.42. The van der Waals surface area contributed by atoms with Crippen molar-refractivity contribution >= 4 is 15.9 Å². The van der Waals surface area contributed by atoms with Crippen LogP contribution in [0.5, 0.6) is 5.75 Å². The summed E-state index contributed by atoms with van der Waals surface area (Å²) in [5.41, 5.74) is 2.52. The number of ether oxygens (including phenoxy) is 2. The van der Waals surface area contributed by atoms with Gasteiger partial charge in [-0.05, 0) is 36.4 Å². The lowest BCUT2D eigenvalue weighted by molar-refractivity contribution is 0.0945. The maximum absolute atomic E-state index is 12.2. The summed E-state index contributed by atoms with van der Waals surface area (Å²) in [6.45, 7) is 0.807. The van der Waals surface area contributed by atoms with Gasteiger partial charge in [0.25, 0.3) is 15.9 Å². The fraction of sp³-hybridized carbons (Fsp3) is 0.188. The van der Waals surface area contributed by atoms with Crippen molar-refractivity contribution in [3.05, 3.63) is 60.2 Å². The van der Waals surface area contributed by atoms with Crippen molar-refractivity contribution in [2.24, 2.45) is 0 Å². The molecule has 0 heterocycles. The zero-order chi connectivity index (χ0) is 17.4. The predicted molar refractivity (Wildman–Crippen MR) is 88.0 cm³/mol. The number of methoxy groups -OCH3 is 1. The fourth-order valence-electron chi connectivity index (χ4n) is 1.79. The molecule has 0 fully saturated rings. The number of hydrogen-bond acceptors (Lipinski definition) is 5. The van der Waals surface area contributed by atoms with Gasteiger partial charge in [0.2, 0.25) is 0 Å². The summed E-state index contributed by atoms with van der Waals surface area (Å²) in [6, 6.07) is 14.1. The number of nitrogens with one attached hydrogen (secondary N) is 2. The van der Waals surface area contributed by atoms with E-state index < -0.39 is 15.9 Å². The summed E-state index contributed by atoms with van der Waals surface area (Å²) < 4.78 is 34.5. The topological polar surface area (TPSA) is 93.7 Å². The Labute approximate surface area is 140 Å². The molecular formula is C16H18N2O5S. The first-order chi connectivity index (χ1) is 11.5. The van der Waals surface area contributed by atoms with Gasteiger partial charge in [0, 0.05) is 12.7 Å². The van der Waals surface area contributed by atoms with E-state index >= 15 is 0 Å². The molecule has 0 atom stereocenters. The number of benzene rings is 2. The molecule has 0 aromatic heterocycles. The SMILES string of the molecule is COCCOc1ccc(S(=O)(=O)NNC(=O)c2ccccc2)cc1. The molecule has 0 saturated carbocycles. The minimum Gasteiger partial charge on any atom is -0.491 e. The second kappa shape index (κ2) is 8.44. The first kappa shape index (κ1) is 17.9. The van der Waals surface area contributed by atoms with E-state index in [4.69, 9.17) is 9.47 Å². The van der Waals surface area contributed by atoms with Crippen molar-refractivity contribution in [1.29, 1.82) is 0 Å². The van der Waals surface area contributed by atoms with Crippen molar-refractivity contribution in [1.82, 2.24) is 10.3 Å². The lowest BCUT2D eigenvalue weighted by Gasteiger charge is -2.09. The van der Waals surface area contributed by atoms with Crippen LogP contribution in [0.25, 0.3) is 0 Å². The Balaban J connectivity index is 1.96. The minimum atomic E-state index is -3.87. The van der Waals surface area contributed by atoms with Crippen molar-refractivity contribution < 1.29 is 22.7 Å². The first-order valence-corrected chi connectivity index (χ1v) is 8.60. The van der Waals surface area contributed by atoms with Gasteiger partial charge in [-0.3, -0.25) is 10.2 Å². The Morgan fingerprint density at radius 2 is 1.67 bits per heavy atom. The second-order valence-electron chi connectivity index (χ2n) is 4.74. The Morgan fingerprint density at radius 1 is 1.00 bits per heavy atom. The lowest BCUT2D eigenvalue weighted by atomic mass is 10.2. The molecule has 0 radical (unpaired) electrons. The molecule has 1 amide bonds. The van der Waals surface area contributed by atoms with Crippen molar-refractivity contribution in [3.63, 3.8) is 0 Å². The molecular weight excluding hydrogens is 332 g/mol. The van der Waals surface area contributed by atoms with Crippen LogP contribution < -0.4 is 15.0 Å². The van der Waals surface area contributed by atoms with Crippen LogP contribution in [0.1, 0.15) is 10.4 Å². The number of sulfonamides is 1. The molecule has 0 bridgehead atoms. The van der Waals surface area contributed by atoms with Gasteiger partial charge in [0.1, 0.15) is 12.4 Å². The van der Waals surface area contributed by atoms with E-state index in [1.54, 1.807) is 37.4 Å². The van der Waals surface area contributed by atoms with Gasteiger partial charge in [-0.15, -0.1) is 4.83 Å². The zero-order valence-corrected chi connectivity index (χ0v) is 13.9. The molecule has 7 nitrogen and oxygen atoms in total. The third kappa shape index (κ3) is 5.05. The molecule has 0 aliphatic carbocycles. The van der Waals surface area contributed by atoms with E-state index in [-0.39, 0.29) is 4.90 Å². The van der Waals surface area contributed by atoms with E-state index in [1.807, 2.05) is 0 Å². The normalized spacial score (nSPS) is 11.0. The standard InChI is InChI=1S/C16H18N2O5S/c1-22-11-12-23-14-7-9-15(10-8-14)24(20,21)18-17-16(19)13-5-3-2-4-6-13/h2-10,18H,11-12H2,1H3,(H,17,19). The molecule has 8 heteroatoms. The number of carbonyl (C=O) groups excluding carboxylic acids is 1. The van der Waals surface area contributed by atoms with Crippen LogP contribution in [0.3, 0.4) is 0 Å². The highest BCUT2D eigenvalue weighted by atomic mass is 32.2. The first-order valence-electron chi connectivity index (χ1n) is 7.12. The van der Waals surface area contributed by atoms with Crippen molar-refractivity contribution in [2.45, 2.75) is 4.90 Å². The summed E-state index contributed by atoms with van der Waals surface area (Å²) in [5.74, 6) is -0.0157. The summed E-state index contributed by atoms with van der Waals surface area (Å²) in [4.78, 5) is 13.9. The van der Waals surface area contributed by atoms with E-state index in [2.05, 4.69) is 10.3 Å². The third-order valence-corrected chi connectivity index (χ3v) is 4.29. The number of carbonyl (C=O) groups is 1. The molecule has 0 unspecified atom stereocenters. The monoisotopic (exact) mass is 350 g/mol. The van der Waals surface area contributed by atoms with Crippen LogP contribution in [0, 0.1) is 0 Å². The van der Waals surface area contributed by atoms with Gasteiger partial charge in [-0.1, -0.05) is 18.2 Å². The molecule has 0 saturated heterocycles. The van der Waals surface area contributed by atoms with Crippen LogP contribution in [0.15, 0.2) is 59.5 Å². The summed E-state index contributed by atoms with van der Waals surface area (Å²) in [5, 5.41) is 0. The highest BCUT2D eigenvalue weighted by Crippen LogP contribution is 2.15. The summed E-state index contributed by atoms with van der Waals surface area (Å²) in [7, 11) is -2.30. The lowest BCUT2D eigenvalue weighted by Crippen LogP contribution is -2.41. The third-order valence-electron chi connectivity index (χ3n) is 3.03. The van der Waals surface area contributed by atoms with E-state index in [0.29, 0.717) is 24.5 Å². The van der Waals surface area contributed by atoms with Crippen LogP contribution in [0.2, 0.25) is 0 Å². The van der Waals surface area contributed by atoms with Crippen LogP contribution >= 0.6 is 0 Å². The highest BCUT2D eigenvalue weighted by molar-refractivity contribution is 7.89. The van der Waals surface area contributed by atoms with Crippen molar-refractivity contribution in [3.8, 4) is 5.75 Å². The Bertz CT molecular complexity index is 761. The highest BCUT2D eigenvalue weighted by Gasteiger charge is 2.15. The Hall–Kier alpha value is -2.42. The van der Waals surface area contributed by atoms with Crippen LogP contribution in [-0.4, -0.2) is 34.6 Å². The van der Waals surface area contributed by atoms with Gasteiger partial charge in [0.05, 0.1) is 11.5 Å². The van der Waals surface area contributed by atoms with E-state index in [0.717, 1.165) is 0 Å². The molecule has 24 heavy (non-hydrogen) atoms. The van der Waals surface area contributed by atoms with Gasteiger partial charge < -0.3 is 9.47 Å². The molecule has 0 spiro atoms. The number of rotatable bonds is 8. The molecule has 0 aliphatic heterocycles.